The Kier molecular flexibility index (Phi) is 2.55. The number of hydrogen-bond donors (Lipinski definition) is 1. The van der Waals surface area contributed by atoms with Gasteiger partial charge in [-0.2, -0.15) is 0 Å². The van der Waals surface area contributed by atoms with Gasteiger partial charge < -0.3 is 10.5 Å². The number of amides is 1. The Hall–Kier alpha value is -1.62. The first-order valence-electron chi connectivity index (χ1n) is 5.00. The zero-order chi connectivity index (χ0) is 11.8. The number of rotatable bonds is 2. The molecule has 1 aromatic rings. The van der Waals surface area contributed by atoms with E-state index in [0.29, 0.717) is 12.2 Å². The highest BCUT2D eigenvalue weighted by Gasteiger charge is 2.40. The van der Waals surface area contributed by atoms with Gasteiger partial charge >= 0.3 is 6.09 Å². The van der Waals surface area contributed by atoms with Crippen LogP contribution in [0.1, 0.15) is 6.92 Å². The van der Waals surface area contributed by atoms with Crippen molar-refractivity contribution in [3.05, 3.63) is 30.1 Å². The molecule has 1 unspecified atom stereocenters. The van der Waals surface area contributed by atoms with Crippen LogP contribution >= 0.6 is 0 Å². The fourth-order valence-corrected chi connectivity index (χ4v) is 1.62. The number of carbonyl (C=O) groups excluding carboxylic acids is 1. The fourth-order valence-electron chi connectivity index (χ4n) is 1.62. The quantitative estimate of drug-likeness (QED) is 0.828. The zero-order valence-corrected chi connectivity index (χ0v) is 8.94. The van der Waals surface area contributed by atoms with E-state index in [-0.39, 0.29) is 12.4 Å². The van der Waals surface area contributed by atoms with Gasteiger partial charge in [0.1, 0.15) is 11.4 Å². The van der Waals surface area contributed by atoms with Crippen LogP contribution in [0.15, 0.2) is 24.3 Å². The van der Waals surface area contributed by atoms with Crippen LogP contribution in [-0.4, -0.2) is 24.8 Å². The van der Waals surface area contributed by atoms with E-state index in [1.54, 1.807) is 19.1 Å². The van der Waals surface area contributed by atoms with Crippen molar-refractivity contribution in [2.75, 3.05) is 18.0 Å². The largest absolute Gasteiger partial charge is 0.440 e. The summed E-state index contributed by atoms with van der Waals surface area (Å²) < 4.78 is 17.9. The Balaban J connectivity index is 2.23. The number of anilines is 1. The molecule has 86 valence electrons. The predicted molar refractivity (Wildman–Crippen MR) is 57.7 cm³/mol. The summed E-state index contributed by atoms with van der Waals surface area (Å²) in [6, 6.07) is 5.69. The molecule has 2 N–H and O–H groups in total. The molecule has 1 atom stereocenters. The summed E-state index contributed by atoms with van der Waals surface area (Å²) in [6.45, 7) is 2.42. The Morgan fingerprint density at radius 1 is 1.50 bits per heavy atom. The molecule has 0 spiro atoms. The van der Waals surface area contributed by atoms with E-state index in [1.165, 1.54) is 17.0 Å². The Labute approximate surface area is 92.8 Å². The first kappa shape index (κ1) is 10.9. The van der Waals surface area contributed by atoms with Crippen molar-refractivity contribution >= 4 is 11.8 Å². The van der Waals surface area contributed by atoms with Gasteiger partial charge in [0.05, 0.1) is 6.54 Å². The van der Waals surface area contributed by atoms with E-state index in [4.69, 9.17) is 10.5 Å². The molecule has 2 rings (SSSR count). The van der Waals surface area contributed by atoms with Crippen LogP contribution in [-0.2, 0) is 4.74 Å². The van der Waals surface area contributed by atoms with Gasteiger partial charge in [-0.05, 0) is 31.2 Å². The van der Waals surface area contributed by atoms with Crippen LogP contribution in [0.25, 0.3) is 0 Å². The smallest absolute Gasteiger partial charge is 0.415 e. The first-order chi connectivity index (χ1) is 7.54. The third kappa shape index (κ3) is 1.86. The number of ether oxygens (including phenoxy) is 1. The van der Waals surface area contributed by atoms with Gasteiger partial charge in [-0.1, -0.05) is 0 Å². The van der Waals surface area contributed by atoms with Crippen molar-refractivity contribution in [3.63, 3.8) is 0 Å². The van der Waals surface area contributed by atoms with E-state index in [1.807, 2.05) is 0 Å². The molecule has 5 heteroatoms. The van der Waals surface area contributed by atoms with Gasteiger partial charge in [0.25, 0.3) is 0 Å². The number of nitrogens with two attached hydrogens (primary N) is 1. The summed E-state index contributed by atoms with van der Waals surface area (Å²) in [5, 5.41) is 0. The number of hydrogen-bond acceptors (Lipinski definition) is 3. The van der Waals surface area contributed by atoms with Gasteiger partial charge in [0.2, 0.25) is 0 Å². The molecule has 16 heavy (non-hydrogen) atoms. The molecule has 1 aliphatic rings. The van der Waals surface area contributed by atoms with Crippen molar-refractivity contribution in [3.8, 4) is 0 Å². The zero-order valence-electron chi connectivity index (χ0n) is 8.94. The van der Waals surface area contributed by atoms with Crippen molar-refractivity contribution in [2.45, 2.75) is 12.5 Å². The number of halogens is 1. The standard InChI is InChI=1S/C11H13FN2O2/c1-11(6-13)7-14(10(15)16-11)9-4-2-8(12)3-5-9/h2-5H,6-7,13H2,1H3. The normalized spacial score (nSPS) is 24.7. The van der Waals surface area contributed by atoms with E-state index < -0.39 is 11.7 Å². The van der Waals surface area contributed by atoms with Crippen molar-refractivity contribution in [1.82, 2.24) is 0 Å². The molecule has 0 aliphatic carbocycles. The average Bonchev–Trinajstić information content (AvgIpc) is 2.57. The fraction of sp³-hybridized carbons (Fsp3) is 0.364. The molecule has 1 aromatic carbocycles. The summed E-state index contributed by atoms with van der Waals surface area (Å²) in [5.41, 5.74) is 5.48. The number of carbonyl (C=O) groups is 1. The van der Waals surface area contributed by atoms with Crippen molar-refractivity contribution in [1.29, 1.82) is 0 Å². The lowest BCUT2D eigenvalue weighted by Crippen LogP contribution is -2.38. The van der Waals surface area contributed by atoms with Gasteiger partial charge in [0, 0.05) is 12.2 Å². The van der Waals surface area contributed by atoms with Gasteiger partial charge in [-0.15, -0.1) is 0 Å². The second-order valence-electron chi connectivity index (χ2n) is 4.08. The van der Waals surface area contributed by atoms with E-state index in [2.05, 4.69) is 0 Å². The Morgan fingerprint density at radius 3 is 2.62 bits per heavy atom. The van der Waals surface area contributed by atoms with Gasteiger partial charge in [0.15, 0.2) is 0 Å². The highest BCUT2D eigenvalue weighted by atomic mass is 19.1. The predicted octanol–water partition coefficient (Wildman–Crippen LogP) is 1.50. The average molecular weight is 224 g/mol. The maximum Gasteiger partial charge on any atom is 0.415 e. The number of cyclic esters (lactones) is 1. The van der Waals surface area contributed by atoms with Crippen molar-refractivity contribution in [2.24, 2.45) is 5.73 Å². The summed E-state index contributed by atoms with van der Waals surface area (Å²) in [5.74, 6) is -0.335. The molecule has 1 heterocycles. The molecule has 1 fully saturated rings. The summed E-state index contributed by atoms with van der Waals surface area (Å²) in [4.78, 5) is 13.0. The molecular weight excluding hydrogens is 211 g/mol. The molecule has 1 saturated heterocycles. The van der Waals surface area contributed by atoms with Crippen LogP contribution in [0, 0.1) is 5.82 Å². The van der Waals surface area contributed by atoms with Crippen LogP contribution in [0.3, 0.4) is 0 Å². The Morgan fingerprint density at radius 2 is 2.12 bits per heavy atom. The van der Waals surface area contributed by atoms with Crippen LogP contribution in [0.2, 0.25) is 0 Å². The second kappa shape index (κ2) is 3.75. The van der Waals surface area contributed by atoms with Crippen LogP contribution in [0.4, 0.5) is 14.9 Å². The van der Waals surface area contributed by atoms with Crippen LogP contribution < -0.4 is 10.6 Å². The SMILES string of the molecule is CC1(CN)CN(c2ccc(F)cc2)C(=O)O1. The van der Waals surface area contributed by atoms with Crippen LogP contribution in [0.5, 0.6) is 0 Å². The molecule has 1 amide bonds. The highest BCUT2D eigenvalue weighted by molar-refractivity contribution is 5.90. The van der Waals surface area contributed by atoms with Crippen molar-refractivity contribution < 1.29 is 13.9 Å². The summed E-state index contributed by atoms with van der Waals surface area (Å²) in [7, 11) is 0. The summed E-state index contributed by atoms with van der Waals surface area (Å²) in [6.07, 6.45) is -0.445. The topological polar surface area (TPSA) is 55.6 Å². The number of nitrogens with zero attached hydrogens (tertiary/aromatic N) is 1. The first-order valence-corrected chi connectivity index (χ1v) is 5.00. The minimum Gasteiger partial charge on any atom is -0.440 e. The molecule has 0 bridgehead atoms. The molecule has 0 radical (unpaired) electrons. The second-order valence-corrected chi connectivity index (χ2v) is 4.08. The maximum atomic E-state index is 12.7. The van der Waals surface area contributed by atoms with Gasteiger partial charge in [-0.3, -0.25) is 4.90 Å². The maximum absolute atomic E-state index is 12.7. The number of benzene rings is 1. The lowest BCUT2D eigenvalue weighted by molar-refractivity contribution is 0.0789. The summed E-state index contributed by atoms with van der Waals surface area (Å²) >= 11 is 0. The Bertz CT molecular complexity index is 407. The molecule has 0 saturated carbocycles. The lowest BCUT2D eigenvalue weighted by atomic mass is 10.1. The molecule has 4 nitrogen and oxygen atoms in total. The molecule has 1 aliphatic heterocycles. The lowest BCUT2D eigenvalue weighted by Gasteiger charge is -2.18. The molecule has 0 aromatic heterocycles. The molecular formula is C11H13FN2O2. The third-order valence-electron chi connectivity index (χ3n) is 2.62. The van der Waals surface area contributed by atoms with E-state index >= 15 is 0 Å². The van der Waals surface area contributed by atoms with E-state index in [0.717, 1.165) is 0 Å². The van der Waals surface area contributed by atoms with E-state index in [9.17, 15) is 9.18 Å². The monoisotopic (exact) mass is 224 g/mol. The minimum absolute atomic E-state index is 0.260. The highest BCUT2D eigenvalue weighted by Crippen LogP contribution is 2.27. The van der Waals surface area contributed by atoms with Gasteiger partial charge in [-0.25, -0.2) is 9.18 Å². The minimum atomic E-state index is -0.661. The third-order valence-corrected chi connectivity index (χ3v) is 2.62.